The zero-order valence-corrected chi connectivity index (χ0v) is 14.4. The molecule has 1 aromatic carbocycles. The second-order valence-electron chi connectivity index (χ2n) is 3.74. The average molecular weight is 426 g/mol. The first-order chi connectivity index (χ1) is 8.88. The maximum Gasteiger partial charge on any atom is 0.240 e. The van der Waals surface area contributed by atoms with E-state index in [9.17, 15) is 8.42 Å². The van der Waals surface area contributed by atoms with Crippen LogP contribution in [0.3, 0.4) is 0 Å². The third kappa shape index (κ3) is 3.79. The molecule has 102 valence electrons. The molecule has 1 heterocycles. The molecule has 0 amide bonds. The predicted octanol–water partition coefficient (Wildman–Crippen LogP) is 3.33. The fourth-order valence-electron chi connectivity index (χ4n) is 1.37. The molecular formula is C11H10Br2N2O2S2. The summed E-state index contributed by atoms with van der Waals surface area (Å²) in [6.07, 6.45) is 0. The molecule has 2 aromatic rings. The number of sulfonamides is 1. The molecule has 0 radical (unpaired) electrons. The lowest BCUT2D eigenvalue weighted by atomic mass is 10.3. The number of nitrogen functional groups attached to an aromatic ring is 1. The molecule has 0 unspecified atom stereocenters. The summed E-state index contributed by atoms with van der Waals surface area (Å²) in [5.74, 6) is 0. The third-order valence-electron chi connectivity index (χ3n) is 2.34. The van der Waals surface area contributed by atoms with Gasteiger partial charge < -0.3 is 5.73 Å². The fraction of sp³-hybridized carbons (Fsp3) is 0.0909. The van der Waals surface area contributed by atoms with Gasteiger partial charge in [-0.1, -0.05) is 0 Å². The highest BCUT2D eigenvalue weighted by molar-refractivity contribution is 9.10. The summed E-state index contributed by atoms with van der Waals surface area (Å²) in [6.45, 7) is 0.264. The van der Waals surface area contributed by atoms with Crippen molar-refractivity contribution in [3.05, 3.63) is 43.5 Å². The molecule has 8 heteroatoms. The molecule has 3 N–H and O–H groups in total. The van der Waals surface area contributed by atoms with Gasteiger partial charge in [-0.25, -0.2) is 13.1 Å². The van der Waals surface area contributed by atoms with E-state index >= 15 is 0 Å². The number of hydrogen-bond acceptors (Lipinski definition) is 4. The van der Waals surface area contributed by atoms with Crippen LogP contribution in [0.15, 0.2) is 43.5 Å². The monoisotopic (exact) mass is 424 g/mol. The molecule has 0 saturated carbocycles. The molecule has 0 aliphatic heterocycles. The number of nitrogens with two attached hydrogens (primary N) is 1. The van der Waals surface area contributed by atoms with Crippen molar-refractivity contribution >= 4 is 58.9 Å². The van der Waals surface area contributed by atoms with Crippen molar-refractivity contribution < 1.29 is 8.42 Å². The Hall–Kier alpha value is -0.410. The zero-order chi connectivity index (χ0) is 14.0. The summed E-state index contributed by atoms with van der Waals surface area (Å²) in [5, 5.41) is 1.91. The molecule has 0 fully saturated rings. The normalized spacial score (nSPS) is 11.7. The van der Waals surface area contributed by atoms with Gasteiger partial charge in [-0.3, -0.25) is 0 Å². The van der Waals surface area contributed by atoms with Crippen molar-refractivity contribution in [2.75, 3.05) is 5.73 Å². The summed E-state index contributed by atoms with van der Waals surface area (Å²) < 4.78 is 28.3. The van der Waals surface area contributed by atoms with E-state index in [0.29, 0.717) is 10.2 Å². The fourth-order valence-corrected chi connectivity index (χ4v) is 4.42. The van der Waals surface area contributed by atoms with Gasteiger partial charge in [0.2, 0.25) is 10.0 Å². The van der Waals surface area contributed by atoms with Crippen molar-refractivity contribution in [2.24, 2.45) is 0 Å². The second-order valence-corrected chi connectivity index (χ2v) is 8.27. The number of nitrogens with one attached hydrogen (secondary N) is 1. The lowest BCUT2D eigenvalue weighted by Crippen LogP contribution is -2.22. The quantitative estimate of drug-likeness (QED) is 0.737. The van der Waals surface area contributed by atoms with Gasteiger partial charge in [-0.2, -0.15) is 0 Å². The van der Waals surface area contributed by atoms with E-state index in [0.717, 1.165) is 9.35 Å². The first-order valence-electron chi connectivity index (χ1n) is 5.16. The number of anilines is 1. The minimum absolute atomic E-state index is 0.184. The van der Waals surface area contributed by atoms with Gasteiger partial charge in [0.15, 0.2) is 0 Å². The molecule has 0 aliphatic rings. The predicted molar refractivity (Wildman–Crippen MR) is 84.6 cm³/mol. The smallest absolute Gasteiger partial charge is 0.240 e. The van der Waals surface area contributed by atoms with Gasteiger partial charge in [0.05, 0.1) is 4.90 Å². The van der Waals surface area contributed by atoms with E-state index < -0.39 is 10.0 Å². The van der Waals surface area contributed by atoms with Crippen LogP contribution < -0.4 is 10.5 Å². The van der Waals surface area contributed by atoms with Gasteiger partial charge in [-0.05, 0) is 56.1 Å². The van der Waals surface area contributed by atoms with Gasteiger partial charge in [0, 0.05) is 31.4 Å². The van der Waals surface area contributed by atoms with E-state index in [2.05, 4.69) is 36.6 Å². The van der Waals surface area contributed by atoms with Crippen LogP contribution in [-0.2, 0) is 16.6 Å². The van der Waals surface area contributed by atoms with E-state index in [1.54, 1.807) is 6.07 Å². The lowest BCUT2D eigenvalue weighted by molar-refractivity contribution is 0.582. The minimum Gasteiger partial charge on any atom is -0.398 e. The maximum absolute atomic E-state index is 12.1. The molecule has 0 aliphatic carbocycles. The Morgan fingerprint density at radius 1 is 1.26 bits per heavy atom. The van der Waals surface area contributed by atoms with Crippen molar-refractivity contribution in [1.82, 2.24) is 4.72 Å². The van der Waals surface area contributed by atoms with Crippen molar-refractivity contribution in [2.45, 2.75) is 11.4 Å². The Morgan fingerprint density at radius 3 is 2.58 bits per heavy atom. The molecule has 1 aromatic heterocycles. The lowest BCUT2D eigenvalue weighted by Gasteiger charge is -2.07. The second kappa shape index (κ2) is 5.92. The Kier molecular flexibility index (Phi) is 4.67. The average Bonchev–Trinajstić information content (AvgIpc) is 2.76. The van der Waals surface area contributed by atoms with Crippen LogP contribution in [0, 0.1) is 0 Å². The Bertz CT molecular complexity index is 698. The molecule has 19 heavy (non-hydrogen) atoms. The number of benzene rings is 1. The number of halogens is 2. The van der Waals surface area contributed by atoms with Crippen LogP contribution in [0.2, 0.25) is 0 Å². The zero-order valence-electron chi connectivity index (χ0n) is 9.56. The van der Waals surface area contributed by atoms with Gasteiger partial charge in [0.1, 0.15) is 0 Å². The topological polar surface area (TPSA) is 72.2 Å². The molecule has 0 spiro atoms. The summed E-state index contributed by atoms with van der Waals surface area (Å²) >= 11 is 8.03. The molecule has 0 atom stereocenters. The highest BCUT2D eigenvalue weighted by Gasteiger charge is 2.15. The maximum atomic E-state index is 12.1. The van der Waals surface area contributed by atoms with Crippen LogP contribution in [0.5, 0.6) is 0 Å². The first-order valence-corrected chi connectivity index (χ1v) is 9.11. The van der Waals surface area contributed by atoms with E-state index in [1.165, 1.54) is 23.5 Å². The molecule has 0 bridgehead atoms. The number of rotatable bonds is 4. The highest BCUT2D eigenvalue weighted by atomic mass is 79.9. The molecular weight excluding hydrogens is 416 g/mol. The summed E-state index contributed by atoms with van der Waals surface area (Å²) in [6, 6.07) is 6.40. The van der Waals surface area contributed by atoms with Crippen molar-refractivity contribution in [3.8, 4) is 0 Å². The van der Waals surface area contributed by atoms with Gasteiger partial charge >= 0.3 is 0 Å². The van der Waals surface area contributed by atoms with Crippen molar-refractivity contribution in [3.63, 3.8) is 0 Å². The highest BCUT2D eigenvalue weighted by Crippen LogP contribution is 2.24. The van der Waals surface area contributed by atoms with Gasteiger partial charge in [-0.15, -0.1) is 11.3 Å². The van der Waals surface area contributed by atoms with Crippen LogP contribution in [-0.4, -0.2) is 8.42 Å². The SMILES string of the molecule is Nc1ccc(S(=O)(=O)NCc2cc(Br)cs2)cc1Br. The largest absolute Gasteiger partial charge is 0.398 e. The Labute approximate surface area is 132 Å². The Morgan fingerprint density at radius 2 is 2.00 bits per heavy atom. The van der Waals surface area contributed by atoms with Gasteiger partial charge in [0.25, 0.3) is 0 Å². The van der Waals surface area contributed by atoms with Crippen molar-refractivity contribution in [1.29, 1.82) is 0 Å². The minimum atomic E-state index is -3.53. The van der Waals surface area contributed by atoms with Crippen LogP contribution in [0.4, 0.5) is 5.69 Å². The first kappa shape index (κ1) is 15.0. The molecule has 0 saturated heterocycles. The van der Waals surface area contributed by atoms with E-state index in [-0.39, 0.29) is 11.4 Å². The molecule has 4 nitrogen and oxygen atoms in total. The van der Waals surface area contributed by atoms with E-state index in [1.807, 2.05) is 11.4 Å². The Balaban J connectivity index is 2.16. The third-order valence-corrected chi connectivity index (χ3v) is 6.12. The number of hydrogen-bond donors (Lipinski definition) is 2. The van der Waals surface area contributed by atoms with E-state index in [4.69, 9.17) is 5.73 Å². The number of thiophene rings is 1. The van der Waals surface area contributed by atoms with Crippen LogP contribution in [0.1, 0.15) is 4.88 Å². The van der Waals surface area contributed by atoms with Crippen LogP contribution in [0.25, 0.3) is 0 Å². The molecule has 2 rings (SSSR count). The summed E-state index contributed by atoms with van der Waals surface area (Å²) in [4.78, 5) is 1.12. The standard InChI is InChI=1S/C11H10Br2N2O2S2/c12-7-3-8(18-6-7)5-15-19(16,17)9-1-2-11(14)10(13)4-9/h1-4,6,15H,5,14H2. The van der Waals surface area contributed by atoms with Crippen LogP contribution >= 0.6 is 43.2 Å². The summed E-state index contributed by atoms with van der Waals surface area (Å²) in [7, 11) is -3.53. The summed E-state index contributed by atoms with van der Waals surface area (Å²) in [5.41, 5.74) is 6.14.